The van der Waals surface area contributed by atoms with Crippen LogP contribution >= 0.6 is 0 Å². The van der Waals surface area contributed by atoms with Gasteiger partial charge in [0, 0.05) is 47.5 Å². The van der Waals surface area contributed by atoms with E-state index in [0.29, 0.717) is 25.7 Å². The van der Waals surface area contributed by atoms with Crippen LogP contribution in [0, 0.1) is 23.7 Å². The molecule has 0 radical (unpaired) electrons. The number of hydrogen-bond donors (Lipinski definition) is 0. The summed E-state index contributed by atoms with van der Waals surface area (Å²) in [5.41, 5.74) is 0. The SMILES string of the molecule is O=C([O-])C1CCCCC1C(=O)[O-].O=C([O-])C1CCCCC1C(=O)[O-].[Sn+4]. The van der Waals surface area contributed by atoms with E-state index in [4.69, 9.17) is 0 Å². The molecule has 0 aromatic heterocycles. The second-order valence-electron chi connectivity index (χ2n) is 6.27. The molecule has 2 fully saturated rings. The Bertz CT molecular complexity index is 405. The van der Waals surface area contributed by atoms with Crippen molar-refractivity contribution in [1.29, 1.82) is 0 Å². The van der Waals surface area contributed by atoms with E-state index in [1.807, 2.05) is 0 Å². The third kappa shape index (κ3) is 7.21. The van der Waals surface area contributed by atoms with Gasteiger partial charge in [-0.05, 0) is 25.7 Å². The van der Waals surface area contributed by atoms with Gasteiger partial charge in [0.2, 0.25) is 0 Å². The van der Waals surface area contributed by atoms with Crippen molar-refractivity contribution in [2.24, 2.45) is 23.7 Å². The van der Waals surface area contributed by atoms with Crippen LogP contribution in [0.25, 0.3) is 0 Å². The summed E-state index contributed by atoms with van der Waals surface area (Å²) in [5.74, 6) is -8.42. The van der Waals surface area contributed by atoms with Crippen molar-refractivity contribution < 1.29 is 39.6 Å². The van der Waals surface area contributed by atoms with Gasteiger partial charge in [0.1, 0.15) is 0 Å². The van der Waals surface area contributed by atoms with E-state index in [0.717, 1.165) is 25.7 Å². The van der Waals surface area contributed by atoms with Gasteiger partial charge in [-0.2, -0.15) is 0 Å². The number of carbonyl (C=O) groups is 4. The summed E-state index contributed by atoms with van der Waals surface area (Å²) in [6.45, 7) is 0. The van der Waals surface area contributed by atoms with Crippen molar-refractivity contribution >= 4 is 47.8 Å². The van der Waals surface area contributed by atoms with E-state index in [9.17, 15) is 39.6 Å². The predicted octanol–water partition coefficient (Wildman–Crippen LogP) is -3.80. The zero-order valence-electron chi connectivity index (χ0n) is 13.7. The molecule has 0 aromatic rings. The third-order valence-electron chi connectivity index (χ3n) is 4.74. The first-order valence-corrected chi connectivity index (χ1v) is 8.09. The molecule has 136 valence electrons. The molecule has 0 amide bonds. The largest absolute Gasteiger partial charge is 4.00 e. The summed E-state index contributed by atoms with van der Waals surface area (Å²) in [6, 6.07) is 0. The van der Waals surface area contributed by atoms with Crippen LogP contribution in [0.5, 0.6) is 0 Å². The molecule has 2 aliphatic rings. The van der Waals surface area contributed by atoms with E-state index in [2.05, 4.69) is 0 Å². The maximum absolute atomic E-state index is 10.5. The number of carboxylic acid groups (broad SMARTS) is 4. The molecule has 0 aromatic carbocycles. The second kappa shape index (κ2) is 11.3. The smallest absolute Gasteiger partial charge is 0.550 e. The average Bonchev–Trinajstić information content (AvgIpc) is 2.55. The minimum atomic E-state index is -1.26. The van der Waals surface area contributed by atoms with Crippen LogP contribution in [0.3, 0.4) is 0 Å². The van der Waals surface area contributed by atoms with Gasteiger partial charge in [-0.15, -0.1) is 0 Å². The van der Waals surface area contributed by atoms with E-state index >= 15 is 0 Å². The number of rotatable bonds is 4. The predicted molar refractivity (Wildman–Crippen MR) is 76.7 cm³/mol. The summed E-state index contributed by atoms with van der Waals surface area (Å²) < 4.78 is 0. The zero-order valence-corrected chi connectivity index (χ0v) is 16.6. The molecule has 9 heteroatoms. The first-order valence-electron chi connectivity index (χ1n) is 8.09. The molecular formula is C16H20O8Sn. The van der Waals surface area contributed by atoms with E-state index in [1.54, 1.807) is 0 Å². The van der Waals surface area contributed by atoms with Crippen molar-refractivity contribution in [3.63, 3.8) is 0 Å². The first kappa shape index (κ1) is 23.7. The molecule has 2 aliphatic carbocycles. The van der Waals surface area contributed by atoms with Gasteiger partial charge in [0.15, 0.2) is 0 Å². The van der Waals surface area contributed by atoms with Crippen LogP contribution in [0.1, 0.15) is 51.4 Å². The van der Waals surface area contributed by atoms with Crippen LogP contribution in [0.4, 0.5) is 0 Å². The summed E-state index contributed by atoms with van der Waals surface area (Å²) >= 11 is 0. The monoisotopic (exact) mass is 460 g/mol. The van der Waals surface area contributed by atoms with Crippen LogP contribution < -0.4 is 20.4 Å². The first-order chi connectivity index (χ1) is 11.3. The molecule has 2 rings (SSSR count). The van der Waals surface area contributed by atoms with Gasteiger partial charge >= 0.3 is 23.9 Å². The quantitative estimate of drug-likeness (QED) is 0.387. The molecular weight excluding hydrogens is 439 g/mol. The Hall–Kier alpha value is -1.32. The Morgan fingerprint density at radius 3 is 0.760 bits per heavy atom. The summed E-state index contributed by atoms with van der Waals surface area (Å²) in [5, 5.41) is 41.9. The van der Waals surface area contributed by atoms with E-state index in [-0.39, 0.29) is 23.9 Å². The number of carbonyl (C=O) groups excluding carboxylic acids is 4. The van der Waals surface area contributed by atoms with Gasteiger partial charge in [-0.3, -0.25) is 0 Å². The fraction of sp³-hybridized carbons (Fsp3) is 0.750. The van der Waals surface area contributed by atoms with Gasteiger partial charge in [-0.25, -0.2) is 0 Å². The minimum absolute atomic E-state index is 0. The molecule has 0 spiro atoms. The van der Waals surface area contributed by atoms with Crippen LogP contribution in [0.15, 0.2) is 0 Å². The van der Waals surface area contributed by atoms with Crippen molar-refractivity contribution in [2.75, 3.05) is 0 Å². The molecule has 4 atom stereocenters. The van der Waals surface area contributed by atoms with Gasteiger partial charge in [0.05, 0.1) is 0 Å². The van der Waals surface area contributed by atoms with Crippen LogP contribution in [0.2, 0.25) is 0 Å². The normalized spacial score (nSPS) is 28.5. The Morgan fingerprint density at radius 2 is 0.640 bits per heavy atom. The molecule has 25 heavy (non-hydrogen) atoms. The van der Waals surface area contributed by atoms with Crippen molar-refractivity contribution in [2.45, 2.75) is 51.4 Å². The number of hydrogen-bond acceptors (Lipinski definition) is 8. The Balaban J connectivity index is 0.000000443. The maximum atomic E-state index is 10.5. The topological polar surface area (TPSA) is 161 Å². The average molecular weight is 459 g/mol. The van der Waals surface area contributed by atoms with E-state index in [1.165, 1.54) is 0 Å². The molecule has 4 unspecified atom stereocenters. The van der Waals surface area contributed by atoms with Crippen molar-refractivity contribution in [1.82, 2.24) is 0 Å². The molecule has 0 bridgehead atoms. The molecule has 0 saturated heterocycles. The van der Waals surface area contributed by atoms with Gasteiger partial charge in [-0.1, -0.05) is 25.7 Å². The molecule has 2 saturated carbocycles. The number of carboxylic acids is 4. The fourth-order valence-corrected chi connectivity index (χ4v) is 3.39. The molecule has 8 nitrogen and oxygen atoms in total. The second-order valence-corrected chi connectivity index (χ2v) is 6.27. The van der Waals surface area contributed by atoms with Crippen LogP contribution in [-0.2, 0) is 19.2 Å². The molecule has 0 aliphatic heterocycles. The number of aliphatic carboxylic acids is 4. The Morgan fingerprint density at radius 1 is 0.480 bits per heavy atom. The zero-order chi connectivity index (χ0) is 18.3. The van der Waals surface area contributed by atoms with Gasteiger partial charge in [0.25, 0.3) is 0 Å². The Labute approximate surface area is 162 Å². The maximum Gasteiger partial charge on any atom is 4.00 e. The standard InChI is InChI=1S/2C8H12O4.Sn/c2*9-7(10)5-3-1-2-4-6(5)8(11)12;/h2*5-6H,1-4H2,(H,9,10)(H,11,12);/q;;+4/p-4. The minimum Gasteiger partial charge on any atom is -0.550 e. The van der Waals surface area contributed by atoms with E-state index < -0.39 is 47.5 Å². The molecule has 0 N–H and O–H groups in total. The summed E-state index contributed by atoms with van der Waals surface area (Å²) in [6.07, 6.45) is 4.68. The summed E-state index contributed by atoms with van der Waals surface area (Å²) in [4.78, 5) is 41.9. The molecule has 0 heterocycles. The third-order valence-corrected chi connectivity index (χ3v) is 4.74. The van der Waals surface area contributed by atoms with Crippen molar-refractivity contribution in [3.8, 4) is 0 Å². The van der Waals surface area contributed by atoms with Crippen molar-refractivity contribution in [3.05, 3.63) is 0 Å². The Kier molecular flexibility index (Phi) is 10.7. The fourth-order valence-electron chi connectivity index (χ4n) is 3.39. The summed E-state index contributed by atoms with van der Waals surface area (Å²) in [7, 11) is 0. The van der Waals surface area contributed by atoms with Crippen LogP contribution in [-0.4, -0.2) is 47.8 Å². The van der Waals surface area contributed by atoms with Gasteiger partial charge < -0.3 is 39.6 Å².